The van der Waals surface area contributed by atoms with Gasteiger partial charge < -0.3 is 16.0 Å². The first-order valence-electron chi connectivity index (χ1n) is 6.71. The second kappa shape index (κ2) is 8.12. The lowest BCUT2D eigenvalue weighted by Crippen LogP contribution is -2.40. The molecule has 1 aromatic carbocycles. The van der Waals surface area contributed by atoms with Crippen molar-refractivity contribution >= 4 is 29.7 Å². The second-order valence-corrected chi connectivity index (χ2v) is 5.24. The number of benzene rings is 1. The van der Waals surface area contributed by atoms with Gasteiger partial charge in [0.15, 0.2) is 0 Å². The minimum absolute atomic E-state index is 0. The van der Waals surface area contributed by atoms with Crippen molar-refractivity contribution in [3.63, 3.8) is 0 Å². The van der Waals surface area contributed by atoms with Gasteiger partial charge in [-0.2, -0.15) is 0 Å². The van der Waals surface area contributed by atoms with Crippen LogP contribution in [0.25, 0.3) is 0 Å². The topological polar surface area (TPSA) is 58.4 Å². The van der Waals surface area contributed by atoms with Crippen LogP contribution in [0.2, 0.25) is 0 Å². The predicted octanol–water partition coefficient (Wildman–Crippen LogP) is 2.79. The molecule has 0 bridgehead atoms. The number of hydrogen-bond acceptors (Lipinski definition) is 3. The molecule has 114 valence electrons. The molecule has 2 unspecified atom stereocenters. The minimum atomic E-state index is -0.465. The molecule has 1 aromatic rings. The summed E-state index contributed by atoms with van der Waals surface area (Å²) in [7, 11) is 3.97. The molecule has 0 saturated carbocycles. The van der Waals surface area contributed by atoms with Gasteiger partial charge in [-0.15, -0.1) is 12.4 Å². The zero-order chi connectivity index (χ0) is 14.6. The SMILES string of the molecule is CCC(C)C(N)C(=O)Nc1cccc(N(C)C)c1C.Cl. The zero-order valence-corrected chi connectivity index (χ0v) is 13.8. The van der Waals surface area contributed by atoms with Crippen LogP contribution in [0.4, 0.5) is 11.4 Å². The van der Waals surface area contributed by atoms with Crippen molar-refractivity contribution in [1.29, 1.82) is 0 Å². The Hall–Kier alpha value is -1.26. The predicted molar refractivity (Wildman–Crippen MR) is 88.8 cm³/mol. The third-order valence-electron chi connectivity index (χ3n) is 3.60. The van der Waals surface area contributed by atoms with E-state index in [2.05, 4.69) is 5.32 Å². The molecule has 3 N–H and O–H groups in total. The van der Waals surface area contributed by atoms with Crippen LogP contribution < -0.4 is 16.0 Å². The third kappa shape index (κ3) is 4.39. The van der Waals surface area contributed by atoms with Crippen LogP contribution in [0.1, 0.15) is 25.8 Å². The van der Waals surface area contributed by atoms with Crippen LogP contribution in [0.15, 0.2) is 18.2 Å². The molecule has 20 heavy (non-hydrogen) atoms. The molecule has 4 nitrogen and oxygen atoms in total. The van der Waals surface area contributed by atoms with E-state index in [0.717, 1.165) is 23.4 Å². The Bertz CT molecular complexity index is 449. The molecule has 0 aliphatic rings. The van der Waals surface area contributed by atoms with Crippen LogP contribution >= 0.6 is 12.4 Å². The summed E-state index contributed by atoms with van der Waals surface area (Å²) in [5.74, 6) is 0.0608. The fraction of sp³-hybridized carbons (Fsp3) is 0.533. The Morgan fingerprint density at radius 2 is 2.00 bits per heavy atom. The first kappa shape index (κ1) is 18.7. The maximum Gasteiger partial charge on any atom is 0.241 e. The number of rotatable bonds is 5. The molecule has 0 fully saturated rings. The molecule has 0 heterocycles. The van der Waals surface area contributed by atoms with E-state index in [9.17, 15) is 4.79 Å². The molecule has 1 amide bonds. The van der Waals surface area contributed by atoms with Gasteiger partial charge in [0.1, 0.15) is 0 Å². The normalized spacial score (nSPS) is 13.1. The van der Waals surface area contributed by atoms with E-state index in [1.807, 2.05) is 58.0 Å². The van der Waals surface area contributed by atoms with Gasteiger partial charge in [-0.05, 0) is 30.5 Å². The van der Waals surface area contributed by atoms with Gasteiger partial charge in [-0.1, -0.05) is 26.3 Å². The second-order valence-electron chi connectivity index (χ2n) is 5.24. The number of amides is 1. The molecule has 0 aliphatic heterocycles. The Balaban J connectivity index is 0.00000361. The third-order valence-corrected chi connectivity index (χ3v) is 3.60. The Morgan fingerprint density at radius 1 is 1.40 bits per heavy atom. The largest absolute Gasteiger partial charge is 0.377 e. The molecule has 1 rings (SSSR count). The molecule has 5 heteroatoms. The van der Waals surface area contributed by atoms with Crippen molar-refractivity contribution in [3.05, 3.63) is 23.8 Å². The van der Waals surface area contributed by atoms with Crippen LogP contribution in [0.3, 0.4) is 0 Å². The molecule has 0 aliphatic carbocycles. The number of halogens is 1. The Morgan fingerprint density at radius 3 is 2.50 bits per heavy atom. The first-order chi connectivity index (χ1) is 8.88. The highest BCUT2D eigenvalue weighted by Gasteiger charge is 2.20. The number of carbonyl (C=O) groups excluding carboxylic acids is 1. The average Bonchev–Trinajstić information content (AvgIpc) is 2.38. The lowest BCUT2D eigenvalue weighted by molar-refractivity contribution is -0.118. The van der Waals surface area contributed by atoms with Gasteiger partial charge in [0, 0.05) is 25.5 Å². The van der Waals surface area contributed by atoms with Crippen LogP contribution in [-0.4, -0.2) is 26.0 Å². The number of nitrogens with zero attached hydrogens (tertiary/aromatic N) is 1. The number of carbonyl (C=O) groups is 1. The van der Waals surface area contributed by atoms with Gasteiger partial charge in [-0.3, -0.25) is 4.79 Å². The molecule has 0 radical (unpaired) electrons. The van der Waals surface area contributed by atoms with E-state index in [1.165, 1.54) is 0 Å². The number of anilines is 2. The van der Waals surface area contributed by atoms with E-state index < -0.39 is 6.04 Å². The molecular weight excluding hydrogens is 274 g/mol. The summed E-state index contributed by atoms with van der Waals surface area (Å²) in [4.78, 5) is 14.1. The summed E-state index contributed by atoms with van der Waals surface area (Å²) in [6.07, 6.45) is 0.894. The van der Waals surface area contributed by atoms with Crippen molar-refractivity contribution in [3.8, 4) is 0 Å². The van der Waals surface area contributed by atoms with Gasteiger partial charge in [0.2, 0.25) is 5.91 Å². The van der Waals surface area contributed by atoms with Crippen molar-refractivity contribution in [2.75, 3.05) is 24.3 Å². The first-order valence-corrected chi connectivity index (χ1v) is 6.71. The number of nitrogens with one attached hydrogen (secondary N) is 1. The van der Waals surface area contributed by atoms with Gasteiger partial charge >= 0.3 is 0 Å². The fourth-order valence-corrected chi connectivity index (χ4v) is 1.97. The van der Waals surface area contributed by atoms with E-state index in [1.54, 1.807) is 0 Å². The van der Waals surface area contributed by atoms with Gasteiger partial charge in [0.25, 0.3) is 0 Å². The lowest BCUT2D eigenvalue weighted by Gasteiger charge is -2.21. The summed E-state index contributed by atoms with van der Waals surface area (Å²) in [6.45, 7) is 6.03. The highest BCUT2D eigenvalue weighted by Crippen LogP contribution is 2.25. The molecule has 0 saturated heterocycles. The van der Waals surface area contributed by atoms with E-state index >= 15 is 0 Å². The molecule has 0 spiro atoms. The fourth-order valence-electron chi connectivity index (χ4n) is 1.97. The van der Waals surface area contributed by atoms with E-state index in [0.29, 0.717) is 0 Å². The maximum absolute atomic E-state index is 12.1. The summed E-state index contributed by atoms with van der Waals surface area (Å²) in [5.41, 5.74) is 8.92. The van der Waals surface area contributed by atoms with Gasteiger partial charge in [-0.25, -0.2) is 0 Å². The summed E-state index contributed by atoms with van der Waals surface area (Å²) < 4.78 is 0. The Labute approximate surface area is 128 Å². The molecule has 2 atom stereocenters. The Kier molecular flexibility index (Phi) is 7.61. The summed E-state index contributed by atoms with van der Waals surface area (Å²) in [6, 6.07) is 5.41. The van der Waals surface area contributed by atoms with Crippen molar-refractivity contribution in [2.24, 2.45) is 11.7 Å². The van der Waals surface area contributed by atoms with E-state index in [-0.39, 0.29) is 24.2 Å². The van der Waals surface area contributed by atoms with Crippen LogP contribution in [0.5, 0.6) is 0 Å². The maximum atomic E-state index is 12.1. The number of nitrogens with two attached hydrogens (primary N) is 1. The van der Waals surface area contributed by atoms with Gasteiger partial charge in [0.05, 0.1) is 6.04 Å². The summed E-state index contributed by atoms with van der Waals surface area (Å²) >= 11 is 0. The van der Waals surface area contributed by atoms with Crippen LogP contribution in [-0.2, 0) is 4.79 Å². The smallest absolute Gasteiger partial charge is 0.241 e. The zero-order valence-electron chi connectivity index (χ0n) is 12.9. The van der Waals surface area contributed by atoms with Crippen molar-refractivity contribution in [2.45, 2.75) is 33.2 Å². The standard InChI is InChI=1S/C15H25N3O.ClH/c1-6-10(2)14(16)15(19)17-12-8-7-9-13(11(12)3)18(4)5;/h7-10,14H,6,16H2,1-5H3,(H,17,19);1H. The average molecular weight is 300 g/mol. The van der Waals surface area contributed by atoms with Crippen LogP contribution in [0, 0.1) is 12.8 Å². The monoisotopic (exact) mass is 299 g/mol. The van der Waals surface area contributed by atoms with E-state index in [4.69, 9.17) is 5.73 Å². The lowest BCUT2D eigenvalue weighted by atomic mass is 9.99. The number of hydrogen-bond donors (Lipinski definition) is 2. The highest BCUT2D eigenvalue weighted by atomic mass is 35.5. The quantitative estimate of drug-likeness (QED) is 0.879. The summed E-state index contributed by atoms with van der Waals surface area (Å²) in [5, 5.41) is 2.93. The minimum Gasteiger partial charge on any atom is -0.377 e. The highest BCUT2D eigenvalue weighted by molar-refractivity contribution is 5.96. The molecular formula is C15H26ClN3O. The van der Waals surface area contributed by atoms with Crippen molar-refractivity contribution in [1.82, 2.24) is 0 Å². The van der Waals surface area contributed by atoms with Crippen molar-refractivity contribution < 1.29 is 4.79 Å². The molecule has 0 aromatic heterocycles.